The summed E-state index contributed by atoms with van der Waals surface area (Å²) in [6, 6.07) is 7.21. The quantitative estimate of drug-likeness (QED) is 0.402. The Hall–Kier alpha value is -2.67. The molecular formula is C30H40ClFN6O2. The number of hydrogen-bond donors (Lipinski definition) is 1. The van der Waals surface area contributed by atoms with Crippen LogP contribution in [0.15, 0.2) is 18.2 Å². The second-order valence-corrected chi connectivity index (χ2v) is 12.0. The average Bonchev–Trinajstić information content (AvgIpc) is 3.63. The van der Waals surface area contributed by atoms with Crippen LogP contribution in [0.2, 0.25) is 5.02 Å². The van der Waals surface area contributed by atoms with E-state index in [-0.39, 0.29) is 5.60 Å². The number of fused-ring (bicyclic) bond motifs is 4. The van der Waals surface area contributed by atoms with Crippen LogP contribution in [0.3, 0.4) is 0 Å². The number of nitrogens with zero attached hydrogens (tertiary/aromatic N) is 5. The zero-order valence-electron chi connectivity index (χ0n) is 23.5. The van der Waals surface area contributed by atoms with Crippen LogP contribution < -0.4 is 15.4 Å². The van der Waals surface area contributed by atoms with Gasteiger partial charge in [-0.3, -0.25) is 4.90 Å². The molecule has 8 nitrogen and oxygen atoms in total. The van der Waals surface area contributed by atoms with Crippen molar-refractivity contribution >= 4 is 17.4 Å². The number of methoxy groups -OCH3 is 1. The maximum Gasteiger partial charge on any atom is 0.318 e. The topological polar surface area (TPSA) is 101 Å². The fourth-order valence-electron chi connectivity index (χ4n) is 7.12. The third-order valence-corrected chi connectivity index (χ3v) is 9.34. The normalized spacial score (nSPS) is 28.4. The summed E-state index contributed by atoms with van der Waals surface area (Å²) in [4.78, 5) is 14.1. The Kier molecular flexibility index (Phi) is 8.98. The molecule has 0 bridgehead atoms. The van der Waals surface area contributed by atoms with Crippen LogP contribution in [-0.4, -0.2) is 60.4 Å². The van der Waals surface area contributed by atoms with E-state index >= 15 is 0 Å². The Bertz CT molecular complexity index is 1230. The largest absolute Gasteiger partial charge is 0.467 e. The van der Waals surface area contributed by atoms with Gasteiger partial charge >= 0.3 is 6.01 Å². The minimum absolute atomic E-state index is 0.334. The number of alkyl halides is 1. The van der Waals surface area contributed by atoms with E-state index in [2.05, 4.69) is 28.5 Å². The minimum Gasteiger partial charge on any atom is -0.467 e. The lowest BCUT2D eigenvalue weighted by molar-refractivity contribution is -0.0729. The summed E-state index contributed by atoms with van der Waals surface area (Å²) in [5.74, 6) is 1.66. The molecule has 3 saturated heterocycles. The molecule has 1 aromatic heterocycles. The lowest BCUT2D eigenvalue weighted by Gasteiger charge is -2.38. The second-order valence-electron chi connectivity index (χ2n) is 11.6. The van der Waals surface area contributed by atoms with E-state index in [1.807, 2.05) is 12.1 Å². The van der Waals surface area contributed by atoms with Gasteiger partial charge in [-0.05, 0) is 74.6 Å². The number of nitriles is 1. The molecule has 10 heteroatoms. The Morgan fingerprint density at radius 2 is 2.00 bits per heavy atom. The highest BCUT2D eigenvalue weighted by Crippen LogP contribution is 2.48. The minimum atomic E-state index is -0.518. The van der Waals surface area contributed by atoms with E-state index in [0.717, 1.165) is 67.4 Å². The van der Waals surface area contributed by atoms with Crippen molar-refractivity contribution in [2.24, 2.45) is 11.7 Å². The molecule has 2 aromatic rings. The molecule has 4 aliphatic heterocycles. The highest BCUT2D eigenvalue weighted by atomic mass is 35.5. The van der Waals surface area contributed by atoms with Gasteiger partial charge in [-0.15, -0.1) is 0 Å². The van der Waals surface area contributed by atoms with Gasteiger partial charge < -0.3 is 20.1 Å². The molecule has 0 amide bonds. The van der Waals surface area contributed by atoms with Crippen LogP contribution in [0.4, 0.5) is 10.2 Å². The molecule has 40 heavy (non-hydrogen) atoms. The molecule has 7 rings (SSSR count). The van der Waals surface area contributed by atoms with Gasteiger partial charge in [0, 0.05) is 42.7 Å². The molecule has 4 unspecified atom stereocenters. The molecule has 2 N–H and O–H groups in total. The zero-order chi connectivity index (χ0) is 28.3. The molecule has 1 spiro atoms. The maximum atomic E-state index is 12.6. The van der Waals surface area contributed by atoms with Gasteiger partial charge in [0.2, 0.25) is 0 Å². The molecular weight excluding hydrogens is 531 g/mol. The number of aromatic nitrogens is 2. The first kappa shape index (κ1) is 28.8. The Morgan fingerprint density at radius 3 is 2.75 bits per heavy atom. The predicted molar refractivity (Wildman–Crippen MR) is 153 cm³/mol. The number of ether oxygens (including phenoxy) is 2. The summed E-state index contributed by atoms with van der Waals surface area (Å²) in [7, 11) is 1.64. The standard InChI is InChI=1S/C22H26ClN3O2.C7H12FN.CH2N2/c1-14-5-4-10-26(12-14)20-16-13-28-22(11-19(16)24-21(25-20)27-2)9-8-15-17(22)6-3-7-18(15)23;8-6-4-7-2-1-3-9(7)5-6;2-1-3/h3,6-7,14H,4-5,8-13H2,1-2H3;6-7H,1-5H2;2H2. The van der Waals surface area contributed by atoms with Gasteiger partial charge in [-0.25, -0.2) is 4.39 Å². The van der Waals surface area contributed by atoms with E-state index in [4.69, 9.17) is 36.3 Å². The zero-order valence-corrected chi connectivity index (χ0v) is 24.3. The van der Waals surface area contributed by atoms with Crippen LogP contribution in [0.5, 0.6) is 6.01 Å². The highest BCUT2D eigenvalue weighted by molar-refractivity contribution is 6.31. The van der Waals surface area contributed by atoms with Gasteiger partial charge in [0.1, 0.15) is 12.0 Å². The fraction of sp³-hybridized carbons (Fsp3) is 0.633. The first-order chi connectivity index (χ1) is 19.4. The number of rotatable bonds is 2. The molecule has 1 aromatic carbocycles. The lowest BCUT2D eigenvalue weighted by Crippen LogP contribution is -2.39. The highest BCUT2D eigenvalue weighted by Gasteiger charge is 2.45. The van der Waals surface area contributed by atoms with E-state index < -0.39 is 6.17 Å². The number of hydrogen-bond acceptors (Lipinski definition) is 8. The molecule has 1 aliphatic carbocycles. The Balaban J connectivity index is 0.000000223. The van der Waals surface area contributed by atoms with E-state index in [9.17, 15) is 4.39 Å². The van der Waals surface area contributed by atoms with Gasteiger partial charge in [0.15, 0.2) is 6.19 Å². The van der Waals surface area contributed by atoms with Crippen molar-refractivity contribution in [2.75, 3.05) is 38.2 Å². The number of anilines is 1. The summed E-state index contributed by atoms with van der Waals surface area (Å²) in [6.45, 7) is 6.75. The van der Waals surface area contributed by atoms with E-state index in [0.29, 0.717) is 31.1 Å². The van der Waals surface area contributed by atoms with Crippen molar-refractivity contribution in [3.63, 3.8) is 0 Å². The third kappa shape index (κ3) is 5.86. The van der Waals surface area contributed by atoms with Crippen LogP contribution in [0.25, 0.3) is 0 Å². The van der Waals surface area contributed by atoms with E-state index in [1.165, 1.54) is 43.0 Å². The third-order valence-electron chi connectivity index (χ3n) is 8.98. The number of halogens is 2. The fourth-order valence-corrected chi connectivity index (χ4v) is 7.39. The van der Waals surface area contributed by atoms with Crippen LogP contribution in [0.1, 0.15) is 67.8 Å². The molecule has 216 valence electrons. The number of benzene rings is 1. The average molecular weight is 571 g/mol. The van der Waals surface area contributed by atoms with Crippen molar-refractivity contribution in [1.29, 1.82) is 5.26 Å². The number of piperidine rings is 1. The summed E-state index contributed by atoms with van der Waals surface area (Å²) in [5.41, 5.74) is 8.43. The molecule has 3 fully saturated rings. The molecule has 4 atom stereocenters. The van der Waals surface area contributed by atoms with Gasteiger partial charge in [-0.2, -0.15) is 15.2 Å². The van der Waals surface area contributed by atoms with Crippen LogP contribution in [-0.2, 0) is 29.8 Å². The molecule has 0 radical (unpaired) electrons. The maximum absolute atomic E-state index is 12.6. The first-order valence-electron chi connectivity index (χ1n) is 14.5. The summed E-state index contributed by atoms with van der Waals surface area (Å²) in [5, 5.41) is 7.94. The van der Waals surface area contributed by atoms with Crippen LogP contribution in [0, 0.1) is 17.4 Å². The van der Waals surface area contributed by atoms with Crippen molar-refractivity contribution in [3.05, 3.63) is 45.6 Å². The predicted octanol–water partition coefficient (Wildman–Crippen LogP) is 4.91. The van der Waals surface area contributed by atoms with Crippen molar-refractivity contribution in [2.45, 2.75) is 82.7 Å². The van der Waals surface area contributed by atoms with E-state index in [1.54, 1.807) is 7.11 Å². The monoisotopic (exact) mass is 570 g/mol. The Labute approximate surface area is 241 Å². The number of nitrogens with two attached hydrogens (primary N) is 1. The molecule has 5 aliphatic rings. The molecule has 5 heterocycles. The Morgan fingerprint density at radius 1 is 1.20 bits per heavy atom. The van der Waals surface area contributed by atoms with Gasteiger partial charge in [0.05, 0.1) is 25.0 Å². The van der Waals surface area contributed by atoms with Crippen molar-refractivity contribution < 1.29 is 13.9 Å². The van der Waals surface area contributed by atoms with Gasteiger partial charge in [0.25, 0.3) is 0 Å². The van der Waals surface area contributed by atoms with Gasteiger partial charge in [-0.1, -0.05) is 30.7 Å². The van der Waals surface area contributed by atoms with Crippen molar-refractivity contribution in [3.8, 4) is 12.2 Å². The summed E-state index contributed by atoms with van der Waals surface area (Å²) < 4.78 is 24.6. The molecule has 0 saturated carbocycles. The first-order valence-corrected chi connectivity index (χ1v) is 14.8. The lowest BCUT2D eigenvalue weighted by atomic mass is 9.86. The van der Waals surface area contributed by atoms with Crippen LogP contribution >= 0.6 is 11.6 Å². The van der Waals surface area contributed by atoms with Crippen molar-refractivity contribution in [1.82, 2.24) is 14.9 Å². The second kappa shape index (κ2) is 12.5. The summed E-state index contributed by atoms with van der Waals surface area (Å²) >= 11 is 6.45. The smallest absolute Gasteiger partial charge is 0.318 e. The summed E-state index contributed by atoms with van der Waals surface area (Å²) in [6.07, 6.45) is 9.16. The SMILES string of the molecule is COc1nc2c(c(N3CCCC(C)C3)n1)COC1(CCc3c(Cl)cccc31)C2.FC1CC2CCCN2C1.N#CN.